The fourth-order valence-corrected chi connectivity index (χ4v) is 4.91. The Morgan fingerprint density at radius 2 is 1.92 bits per heavy atom. The van der Waals surface area contributed by atoms with Crippen LogP contribution in [-0.4, -0.2) is 20.1 Å². The summed E-state index contributed by atoms with van der Waals surface area (Å²) in [5.41, 5.74) is -0.233. The highest BCUT2D eigenvalue weighted by Crippen LogP contribution is 2.65. The summed E-state index contributed by atoms with van der Waals surface area (Å²) in [5.74, 6) is 0.345. The minimum atomic E-state index is -3.75. The first-order valence-corrected chi connectivity index (χ1v) is 9.57. The molecule has 2 saturated carbocycles. The highest BCUT2D eigenvalue weighted by atomic mass is 32.2. The van der Waals surface area contributed by atoms with Gasteiger partial charge in [-0.25, -0.2) is 13.6 Å². The van der Waals surface area contributed by atoms with Gasteiger partial charge in [0.15, 0.2) is 0 Å². The lowest BCUT2D eigenvalue weighted by molar-refractivity contribution is -0.134. The first-order valence-electron chi connectivity index (χ1n) is 8.02. The lowest BCUT2D eigenvalue weighted by Gasteiger charge is -2.36. The number of ketones is 1. The molecule has 0 saturated heterocycles. The molecule has 0 spiro atoms. The van der Waals surface area contributed by atoms with E-state index in [1.54, 1.807) is 0 Å². The van der Waals surface area contributed by atoms with E-state index in [0.29, 0.717) is 18.0 Å². The quantitative estimate of drug-likeness (QED) is 0.866. The molecular weight excluding hydrogens is 328 g/mol. The SMILES string of the molecule is CC1(C)C2CCC1(CC(=O)Nc1ccc(S(N)(=O)=O)cc1)C(=O)C2. The van der Waals surface area contributed by atoms with Gasteiger partial charge in [0, 0.05) is 23.9 Å². The normalized spacial score (nSPS) is 28.1. The van der Waals surface area contributed by atoms with Crippen LogP contribution in [0.15, 0.2) is 29.2 Å². The van der Waals surface area contributed by atoms with E-state index in [1.807, 2.05) is 0 Å². The average Bonchev–Trinajstić information content (AvgIpc) is 2.81. The number of carbonyl (C=O) groups excluding carboxylic acids is 2. The molecule has 0 aliphatic heterocycles. The van der Waals surface area contributed by atoms with E-state index < -0.39 is 15.4 Å². The molecule has 2 unspecified atom stereocenters. The number of carbonyl (C=O) groups is 2. The van der Waals surface area contributed by atoms with E-state index in [4.69, 9.17) is 5.14 Å². The average molecular weight is 350 g/mol. The highest BCUT2D eigenvalue weighted by molar-refractivity contribution is 7.89. The first kappa shape index (κ1) is 17.1. The van der Waals surface area contributed by atoms with Crippen LogP contribution < -0.4 is 10.5 Å². The summed E-state index contributed by atoms with van der Waals surface area (Å²) in [6.45, 7) is 4.17. The fraction of sp³-hybridized carbons (Fsp3) is 0.529. The molecular formula is C17H22N2O4S. The molecule has 0 aromatic heterocycles. The van der Waals surface area contributed by atoms with Gasteiger partial charge in [-0.2, -0.15) is 0 Å². The van der Waals surface area contributed by atoms with Crippen molar-refractivity contribution in [1.82, 2.24) is 0 Å². The van der Waals surface area contributed by atoms with E-state index in [1.165, 1.54) is 24.3 Å². The molecule has 1 aromatic carbocycles. The van der Waals surface area contributed by atoms with E-state index in [9.17, 15) is 18.0 Å². The van der Waals surface area contributed by atoms with Crippen molar-refractivity contribution in [3.63, 3.8) is 0 Å². The lowest BCUT2D eigenvalue weighted by Crippen LogP contribution is -2.39. The molecule has 7 heteroatoms. The number of primary sulfonamides is 1. The van der Waals surface area contributed by atoms with Crippen LogP contribution in [0.3, 0.4) is 0 Å². The molecule has 6 nitrogen and oxygen atoms in total. The van der Waals surface area contributed by atoms with Crippen LogP contribution in [0, 0.1) is 16.7 Å². The van der Waals surface area contributed by atoms with Crippen LogP contribution in [0.25, 0.3) is 0 Å². The topological polar surface area (TPSA) is 106 Å². The molecule has 2 aliphatic rings. The van der Waals surface area contributed by atoms with Gasteiger partial charge in [0.05, 0.1) is 4.90 Å². The number of sulfonamides is 1. The van der Waals surface area contributed by atoms with Crippen molar-refractivity contribution in [2.24, 2.45) is 21.9 Å². The van der Waals surface area contributed by atoms with Gasteiger partial charge < -0.3 is 5.32 Å². The summed E-state index contributed by atoms with van der Waals surface area (Å²) in [7, 11) is -3.75. The number of hydrogen-bond acceptors (Lipinski definition) is 4. The zero-order chi connectivity index (χ0) is 17.8. The van der Waals surface area contributed by atoms with Gasteiger partial charge in [-0.1, -0.05) is 13.8 Å². The van der Waals surface area contributed by atoms with Crippen LogP contribution in [-0.2, 0) is 19.6 Å². The summed E-state index contributed by atoms with van der Waals surface area (Å²) in [4.78, 5) is 24.9. The van der Waals surface area contributed by atoms with Crippen LogP contribution in [0.4, 0.5) is 5.69 Å². The maximum Gasteiger partial charge on any atom is 0.238 e. The molecule has 3 rings (SSSR count). The predicted molar refractivity (Wildman–Crippen MR) is 89.6 cm³/mol. The van der Waals surface area contributed by atoms with Crippen molar-refractivity contribution in [3.05, 3.63) is 24.3 Å². The predicted octanol–water partition coefficient (Wildman–Crippen LogP) is 2.06. The second kappa shape index (κ2) is 5.39. The van der Waals surface area contributed by atoms with Gasteiger partial charge in [0.25, 0.3) is 0 Å². The van der Waals surface area contributed by atoms with Crippen molar-refractivity contribution < 1.29 is 18.0 Å². The number of anilines is 1. The summed E-state index contributed by atoms with van der Waals surface area (Å²) in [6, 6.07) is 5.68. The number of hydrogen-bond donors (Lipinski definition) is 2. The Balaban J connectivity index is 1.73. The van der Waals surface area contributed by atoms with Crippen LogP contribution >= 0.6 is 0 Å². The molecule has 24 heavy (non-hydrogen) atoms. The number of rotatable bonds is 4. The Bertz CT molecular complexity index is 798. The van der Waals surface area contributed by atoms with Crippen molar-refractivity contribution in [1.29, 1.82) is 0 Å². The van der Waals surface area contributed by atoms with Crippen molar-refractivity contribution >= 4 is 27.4 Å². The van der Waals surface area contributed by atoms with Gasteiger partial charge in [-0.3, -0.25) is 9.59 Å². The van der Waals surface area contributed by atoms with E-state index in [-0.39, 0.29) is 28.4 Å². The monoisotopic (exact) mass is 350 g/mol. The highest BCUT2D eigenvalue weighted by Gasteiger charge is 2.64. The van der Waals surface area contributed by atoms with Crippen LogP contribution in [0.5, 0.6) is 0 Å². The molecule has 2 bridgehead atoms. The summed E-state index contributed by atoms with van der Waals surface area (Å²) in [6.07, 6.45) is 2.51. The van der Waals surface area contributed by atoms with E-state index >= 15 is 0 Å². The minimum Gasteiger partial charge on any atom is -0.326 e. The van der Waals surface area contributed by atoms with Crippen molar-refractivity contribution in [2.75, 3.05) is 5.32 Å². The number of Topliss-reactive ketones (excluding diaryl/α,β-unsaturated/α-hetero) is 1. The summed E-state index contributed by atoms with van der Waals surface area (Å²) in [5, 5.41) is 7.81. The molecule has 1 aromatic rings. The lowest BCUT2D eigenvalue weighted by atomic mass is 9.67. The zero-order valence-electron chi connectivity index (χ0n) is 13.8. The number of nitrogens with one attached hydrogen (secondary N) is 1. The minimum absolute atomic E-state index is 0.00942. The van der Waals surface area contributed by atoms with Gasteiger partial charge in [0.1, 0.15) is 5.78 Å². The third-order valence-electron chi connectivity index (χ3n) is 6.07. The molecule has 3 N–H and O–H groups in total. The molecule has 2 atom stereocenters. The smallest absolute Gasteiger partial charge is 0.238 e. The van der Waals surface area contributed by atoms with E-state index in [0.717, 1.165) is 12.8 Å². The largest absolute Gasteiger partial charge is 0.326 e. The van der Waals surface area contributed by atoms with Gasteiger partial charge >= 0.3 is 0 Å². The Hall–Kier alpha value is -1.73. The maximum atomic E-state index is 12.5. The number of benzene rings is 1. The molecule has 0 radical (unpaired) electrons. The molecule has 130 valence electrons. The molecule has 1 amide bonds. The second-order valence-electron chi connectivity index (χ2n) is 7.46. The molecule has 2 aliphatic carbocycles. The number of fused-ring (bicyclic) bond motifs is 2. The maximum absolute atomic E-state index is 12.5. The molecule has 0 heterocycles. The number of amides is 1. The summed E-state index contributed by atoms with van der Waals surface area (Å²) >= 11 is 0. The van der Waals surface area contributed by atoms with Gasteiger partial charge in [0.2, 0.25) is 15.9 Å². The van der Waals surface area contributed by atoms with Crippen LogP contribution in [0.1, 0.15) is 39.5 Å². The Morgan fingerprint density at radius 1 is 1.29 bits per heavy atom. The Labute approximate surface area is 141 Å². The van der Waals surface area contributed by atoms with Crippen molar-refractivity contribution in [3.8, 4) is 0 Å². The first-order chi connectivity index (χ1) is 11.1. The molecule has 2 fully saturated rings. The van der Waals surface area contributed by atoms with Gasteiger partial charge in [-0.15, -0.1) is 0 Å². The zero-order valence-corrected chi connectivity index (χ0v) is 14.7. The third-order valence-corrected chi connectivity index (χ3v) is 7.00. The number of nitrogens with two attached hydrogens (primary N) is 1. The van der Waals surface area contributed by atoms with Crippen LogP contribution in [0.2, 0.25) is 0 Å². The Kier molecular flexibility index (Phi) is 3.84. The van der Waals surface area contributed by atoms with Gasteiger partial charge in [-0.05, 0) is 48.4 Å². The van der Waals surface area contributed by atoms with Crippen molar-refractivity contribution in [2.45, 2.75) is 44.4 Å². The summed E-state index contributed by atoms with van der Waals surface area (Å²) < 4.78 is 22.5. The van der Waals surface area contributed by atoms with E-state index in [2.05, 4.69) is 19.2 Å². The standard InChI is InChI=1S/C17H22N2O4S/c1-16(2)11-7-8-17(16,14(20)9-11)10-15(21)19-12-3-5-13(6-4-12)24(18,22)23/h3-6,11H,7-10H2,1-2H3,(H,19,21)(H2,18,22,23). The third kappa shape index (κ3) is 2.56. The second-order valence-corrected chi connectivity index (χ2v) is 9.02. The Morgan fingerprint density at radius 3 is 2.38 bits per heavy atom. The fourth-order valence-electron chi connectivity index (χ4n) is 4.39.